The number of nitrogens with one attached hydrogen (secondary N) is 1. The topological polar surface area (TPSA) is 32.3 Å². The fourth-order valence-corrected chi connectivity index (χ4v) is 3.95. The van der Waals surface area contributed by atoms with Crippen LogP contribution in [0.1, 0.15) is 50.5 Å². The number of hydrogen-bond acceptors (Lipinski definition) is 2. The summed E-state index contributed by atoms with van der Waals surface area (Å²) < 4.78 is 13.1. The van der Waals surface area contributed by atoms with E-state index < -0.39 is 5.60 Å². The lowest BCUT2D eigenvalue weighted by Crippen LogP contribution is -2.64. The van der Waals surface area contributed by atoms with Gasteiger partial charge in [-0.25, -0.2) is 4.39 Å². The number of aliphatic hydroxyl groups is 1. The highest BCUT2D eigenvalue weighted by Gasteiger charge is 2.52. The molecule has 2 nitrogen and oxygen atoms in total. The molecule has 1 spiro atoms. The first-order chi connectivity index (χ1) is 9.16. The van der Waals surface area contributed by atoms with Crippen molar-refractivity contribution >= 4 is 0 Å². The van der Waals surface area contributed by atoms with Gasteiger partial charge < -0.3 is 10.4 Å². The highest BCUT2D eigenvalue weighted by molar-refractivity contribution is 5.29. The number of halogens is 1. The number of piperidine rings is 1. The van der Waals surface area contributed by atoms with Crippen molar-refractivity contribution in [1.29, 1.82) is 0 Å². The van der Waals surface area contributed by atoms with Crippen LogP contribution in [0.3, 0.4) is 0 Å². The van der Waals surface area contributed by atoms with Crippen molar-refractivity contribution in [3.8, 4) is 0 Å². The molecule has 1 aliphatic carbocycles. The van der Waals surface area contributed by atoms with Gasteiger partial charge in [0.2, 0.25) is 0 Å². The molecule has 1 aromatic carbocycles. The SMILES string of the molecule is OC1(c2ccc(F)cc2)CCCNC12CCCCC2. The number of hydrogen-bond donors (Lipinski definition) is 2. The van der Waals surface area contributed by atoms with Gasteiger partial charge in [0.15, 0.2) is 0 Å². The van der Waals surface area contributed by atoms with Gasteiger partial charge in [0.25, 0.3) is 0 Å². The fourth-order valence-electron chi connectivity index (χ4n) is 3.95. The Morgan fingerprint density at radius 2 is 1.63 bits per heavy atom. The normalized spacial score (nSPS) is 30.4. The first-order valence-electron chi connectivity index (χ1n) is 7.40. The Balaban J connectivity index is 2.00. The van der Waals surface area contributed by atoms with E-state index in [0.29, 0.717) is 0 Å². The van der Waals surface area contributed by atoms with Gasteiger partial charge >= 0.3 is 0 Å². The number of benzene rings is 1. The van der Waals surface area contributed by atoms with Gasteiger partial charge in [-0.2, -0.15) is 0 Å². The monoisotopic (exact) mass is 263 g/mol. The summed E-state index contributed by atoms with van der Waals surface area (Å²) >= 11 is 0. The van der Waals surface area contributed by atoms with E-state index in [1.807, 2.05) is 0 Å². The molecule has 0 bridgehead atoms. The average Bonchev–Trinajstić information content (AvgIpc) is 2.44. The second-order valence-corrected chi connectivity index (χ2v) is 6.04. The summed E-state index contributed by atoms with van der Waals surface area (Å²) in [5.41, 5.74) is -0.191. The Hall–Kier alpha value is -0.930. The molecule has 0 amide bonds. The van der Waals surface area contributed by atoms with Crippen molar-refractivity contribution in [2.45, 2.75) is 56.1 Å². The molecule has 1 saturated heterocycles. The zero-order chi connectivity index (χ0) is 13.3. The molecule has 3 rings (SSSR count). The van der Waals surface area contributed by atoms with Crippen LogP contribution in [0, 0.1) is 5.82 Å². The fraction of sp³-hybridized carbons (Fsp3) is 0.625. The molecule has 1 atom stereocenters. The van der Waals surface area contributed by atoms with E-state index in [1.54, 1.807) is 12.1 Å². The minimum absolute atomic E-state index is 0.207. The van der Waals surface area contributed by atoms with Crippen molar-refractivity contribution in [2.24, 2.45) is 0 Å². The van der Waals surface area contributed by atoms with E-state index in [0.717, 1.165) is 50.6 Å². The van der Waals surface area contributed by atoms with Crippen LogP contribution < -0.4 is 5.32 Å². The minimum Gasteiger partial charge on any atom is -0.383 e. The first-order valence-corrected chi connectivity index (χ1v) is 7.40. The summed E-state index contributed by atoms with van der Waals surface area (Å²) in [5.74, 6) is -0.242. The van der Waals surface area contributed by atoms with Gasteiger partial charge in [0, 0.05) is 0 Å². The third-order valence-corrected chi connectivity index (χ3v) is 5.00. The van der Waals surface area contributed by atoms with E-state index >= 15 is 0 Å². The van der Waals surface area contributed by atoms with Gasteiger partial charge in [-0.3, -0.25) is 0 Å². The Bertz CT molecular complexity index is 430. The maximum absolute atomic E-state index is 13.1. The van der Waals surface area contributed by atoms with E-state index in [4.69, 9.17) is 0 Å². The van der Waals surface area contributed by atoms with E-state index in [9.17, 15) is 9.50 Å². The molecule has 1 saturated carbocycles. The molecule has 1 aliphatic heterocycles. The highest BCUT2D eigenvalue weighted by atomic mass is 19.1. The number of rotatable bonds is 1. The summed E-state index contributed by atoms with van der Waals surface area (Å²) in [6, 6.07) is 6.41. The molecule has 0 radical (unpaired) electrons. The van der Waals surface area contributed by atoms with Crippen molar-refractivity contribution in [3.63, 3.8) is 0 Å². The molecule has 1 unspecified atom stereocenters. The molecule has 3 heteroatoms. The van der Waals surface area contributed by atoms with E-state index in [2.05, 4.69) is 5.32 Å². The zero-order valence-electron chi connectivity index (χ0n) is 11.3. The van der Waals surface area contributed by atoms with E-state index in [1.165, 1.54) is 18.6 Å². The van der Waals surface area contributed by atoms with Crippen LogP contribution in [-0.2, 0) is 5.60 Å². The molecule has 104 valence electrons. The molecular weight excluding hydrogens is 241 g/mol. The van der Waals surface area contributed by atoms with Crippen LogP contribution in [0.2, 0.25) is 0 Å². The summed E-state index contributed by atoms with van der Waals surface area (Å²) in [6.45, 7) is 0.976. The Morgan fingerprint density at radius 1 is 0.947 bits per heavy atom. The van der Waals surface area contributed by atoms with Crippen LogP contribution in [0.5, 0.6) is 0 Å². The third-order valence-electron chi connectivity index (χ3n) is 5.00. The van der Waals surface area contributed by atoms with Crippen LogP contribution in [0.4, 0.5) is 4.39 Å². The molecule has 0 aromatic heterocycles. The lowest BCUT2D eigenvalue weighted by molar-refractivity contribution is -0.0994. The summed E-state index contributed by atoms with van der Waals surface area (Å²) in [7, 11) is 0. The van der Waals surface area contributed by atoms with Gasteiger partial charge in [0.1, 0.15) is 11.4 Å². The maximum atomic E-state index is 13.1. The van der Waals surface area contributed by atoms with Crippen LogP contribution in [0.15, 0.2) is 24.3 Å². The van der Waals surface area contributed by atoms with Crippen molar-refractivity contribution in [1.82, 2.24) is 5.32 Å². The molecule has 19 heavy (non-hydrogen) atoms. The summed E-state index contributed by atoms with van der Waals surface area (Å²) in [5, 5.41) is 14.9. The van der Waals surface area contributed by atoms with Crippen molar-refractivity contribution < 1.29 is 9.50 Å². The van der Waals surface area contributed by atoms with Crippen LogP contribution in [-0.4, -0.2) is 17.2 Å². The second kappa shape index (κ2) is 4.88. The molecule has 1 heterocycles. The van der Waals surface area contributed by atoms with Crippen molar-refractivity contribution in [3.05, 3.63) is 35.6 Å². The predicted molar refractivity (Wildman–Crippen MR) is 73.3 cm³/mol. The molecule has 1 aromatic rings. The molecular formula is C16H22FNO. The van der Waals surface area contributed by atoms with Gasteiger partial charge in [-0.1, -0.05) is 31.4 Å². The van der Waals surface area contributed by atoms with Gasteiger partial charge in [-0.15, -0.1) is 0 Å². The average molecular weight is 263 g/mol. The van der Waals surface area contributed by atoms with Gasteiger partial charge in [0.05, 0.1) is 5.54 Å². The second-order valence-electron chi connectivity index (χ2n) is 6.04. The zero-order valence-corrected chi connectivity index (χ0v) is 11.3. The third kappa shape index (κ3) is 2.09. The van der Waals surface area contributed by atoms with Crippen LogP contribution >= 0.6 is 0 Å². The smallest absolute Gasteiger partial charge is 0.123 e. The predicted octanol–water partition coefficient (Wildman–Crippen LogP) is 3.10. The van der Waals surface area contributed by atoms with E-state index in [-0.39, 0.29) is 11.4 Å². The quantitative estimate of drug-likeness (QED) is 0.816. The molecule has 2 N–H and O–H groups in total. The first kappa shape index (κ1) is 13.1. The molecule has 2 fully saturated rings. The maximum Gasteiger partial charge on any atom is 0.123 e. The summed E-state index contributed by atoms with van der Waals surface area (Å²) in [4.78, 5) is 0. The Kier molecular flexibility index (Phi) is 3.35. The van der Waals surface area contributed by atoms with Crippen molar-refractivity contribution in [2.75, 3.05) is 6.54 Å². The van der Waals surface area contributed by atoms with Crippen LogP contribution in [0.25, 0.3) is 0 Å². The lowest BCUT2D eigenvalue weighted by atomic mass is 9.63. The minimum atomic E-state index is -0.848. The Labute approximate surface area is 114 Å². The largest absolute Gasteiger partial charge is 0.383 e. The molecule has 2 aliphatic rings. The summed E-state index contributed by atoms with van der Waals surface area (Å²) in [6.07, 6.45) is 7.35. The van der Waals surface area contributed by atoms with Gasteiger partial charge in [-0.05, 0) is 49.9 Å². The standard InChI is InChI=1S/C16H22FNO/c17-14-7-5-13(6-8-14)16(19)11-4-12-18-15(16)9-2-1-3-10-15/h5-8,18-19H,1-4,9-12H2. The Morgan fingerprint density at radius 3 is 2.32 bits per heavy atom. The lowest BCUT2D eigenvalue weighted by Gasteiger charge is -2.53. The highest BCUT2D eigenvalue weighted by Crippen LogP contribution is 2.47.